The maximum Gasteiger partial charge on any atom is 0.169 e. The molecule has 4 heteroatoms. The van der Waals surface area contributed by atoms with Gasteiger partial charge in [-0.2, -0.15) is 0 Å². The fraction of sp³-hybridized carbons (Fsp3) is 0.429. The number of hydrogen-bond donors (Lipinski definition) is 0. The molecule has 18 heavy (non-hydrogen) atoms. The average Bonchev–Trinajstić information content (AvgIpc) is 2.38. The molecular formula is C14H14BrFO2. The molecule has 1 fully saturated rings. The molecule has 0 spiro atoms. The number of rotatable bonds is 3. The summed E-state index contributed by atoms with van der Waals surface area (Å²) in [5, 5.41) is 0. The van der Waals surface area contributed by atoms with Crippen LogP contribution in [0.3, 0.4) is 0 Å². The van der Waals surface area contributed by atoms with Crippen LogP contribution < -0.4 is 4.74 Å². The van der Waals surface area contributed by atoms with Crippen molar-refractivity contribution < 1.29 is 13.9 Å². The van der Waals surface area contributed by atoms with Gasteiger partial charge in [-0.25, -0.2) is 4.39 Å². The lowest BCUT2D eigenvalue weighted by molar-refractivity contribution is 0.0490. The maximum atomic E-state index is 13.8. The van der Waals surface area contributed by atoms with Crippen LogP contribution in [-0.4, -0.2) is 19.8 Å². The normalized spacial score (nSPS) is 16.3. The topological polar surface area (TPSA) is 18.5 Å². The molecule has 2 rings (SSSR count). The van der Waals surface area contributed by atoms with Crippen molar-refractivity contribution in [1.82, 2.24) is 0 Å². The second-order valence-corrected chi connectivity index (χ2v) is 5.13. The van der Waals surface area contributed by atoms with E-state index >= 15 is 0 Å². The fourth-order valence-electron chi connectivity index (χ4n) is 1.90. The van der Waals surface area contributed by atoms with Gasteiger partial charge in [0, 0.05) is 18.8 Å². The first kappa shape index (κ1) is 13.4. The Kier molecular flexibility index (Phi) is 4.62. The summed E-state index contributed by atoms with van der Waals surface area (Å²) in [6, 6.07) is 2.99. The Hall–Kier alpha value is -1.05. The van der Waals surface area contributed by atoms with E-state index < -0.39 is 5.82 Å². The summed E-state index contributed by atoms with van der Waals surface area (Å²) >= 11 is 3.28. The van der Waals surface area contributed by atoms with E-state index in [1.165, 1.54) is 6.07 Å². The Bertz CT molecular complexity index is 438. The number of halogens is 2. The van der Waals surface area contributed by atoms with Crippen molar-refractivity contribution in [2.24, 2.45) is 5.92 Å². The van der Waals surface area contributed by atoms with Gasteiger partial charge in [0.05, 0.1) is 11.1 Å². The summed E-state index contributed by atoms with van der Waals surface area (Å²) < 4.78 is 25.2. The minimum atomic E-state index is -0.426. The van der Waals surface area contributed by atoms with Gasteiger partial charge in [0.15, 0.2) is 11.6 Å². The van der Waals surface area contributed by atoms with Crippen LogP contribution in [-0.2, 0) is 4.74 Å². The summed E-state index contributed by atoms with van der Waals surface area (Å²) in [6.07, 6.45) is 7.16. The highest BCUT2D eigenvalue weighted by molar-refractivity contribution is 9.10. The zero-order valence-electron chi connectivity index (χ0n) is 9.92. The highest BCUT2D eigenvalue weighted by atomic mass is 79.9. The van der Waals surface area contributed by atoms with E-state index in [1.807, 2.05) is 0 Å². The van der Waals surface area contributed by atoms with Crippen molar-refractivity contribution in [3.05, 3.63) is 28.0 Å². The molecule has 1 aromatic rings. The van der Waals surface area contributed by atoms with Crippen LogP contribution in [0.4, 0.5) is 4.39 Å². The van der Waals surface area contributed by atoms with Crippen LogP contribution in [0.1, 0.15) is 18.4 Å². The van der Waals surface area contributed by atoms with Crippen LogP contribution in [0.2, 0.25) is 0 Å². The number of benzene rings is 1. The largest absolute Gasteiger partial charge is 0.489 e. The minimum absolute atomic E-state index is 0.237. The first-order valence-corrected chi connectivity index (χ1v) is 6.66. The molecule has 0 aromatic heterocycles. The molecule has 1 aliphatic heterocycles. The first-order chi connectivity index (χ1) is 8.70. The SMILES string of the molecule is C#Cc1cc(F)c(OCC2CCOCC2)c(Br)c1. The molecule has 0 atom stereocenters. The third kappa shape index (κ3) is 3.24. The Morgan fingerprint density at radius 1 is 1.44 bits per heavy atom. The molecule has 0 aliphatic carbocycles. The van der Waals surface area contributed by atoms with Crippen LogP contribution >= 0.6 is 15.9 Å². The van der Waals surface area contributed by atoms with Crippen molar-refractivity contribution in [2.45, 2.75) is 12.8 Å². The molecule has 0 amide bonds. The van der Waals surface area contributed by atoms with Crippen molar-refractivity contribution in [3.63, 3.8) is 0 Å². The van der Waals surface area contributed by atoms with Crippen molar-refractivity contribution in [3.8, 4) is 18.1 Å². The minimum Gasteiger partial charge on any atom is -0.489 e. The Morgan fingerprint density at radius 2 is 2.17 bits per heavy atom. The van der Waals surface area contributed by atoms with Crippen LogP contribution in [0, 0.1) is 24.1 Å². The molecule has 0 bridgehead atoms. The molecular weight excluding hydrogens is 299 g/mol. The van der Waals surface area contributed by atoms with Crippen molar-refractivity contribution >= 4 is 15.9 Å². The number of hydrogen-bond acceptors (Lipinski definition) is 2. The zero-order valence-corrected chi connectivity index (χ0v) is 11.5. The van der Waals surface area contributed by atoms with Crippen molar-refractivity contribution in [1.29, 1.82) is 0 Å². The van der Waals surface area contributed by atoms with Crippen LogP contribution in [0.15, 0.2) is 16.6 Å². The summed E-state index contributed by atoms with van der Waals surface area (Å²) in [4.78, 5) is 0. The van der Waals surface area contributed by atoms with E-state index in [-0.39, 0.29) is 5.75 Å². The smallest absolute Gasteiger partial charge is 0.169 e. The van der Waals surface area contributed by atoms with E-state index in [1.54, 1.807) is 6.07 Å². The summed E-state index contributed by atoms with van der Waals surface area (Å²) in [7, 11) is 0. The highest BCUT2D eigenvalue weighted by Crippen LogP contribution is 2.30. The van der Waals surface area contributed by atoms with Gasteiger partial charge in [0.25, 0.3) is 0 Å². The first-order valence-electron chi connectivity index (χ1n) is 5.87. The molecule has 0 unspecified atom stereocenters. The van der Waals surface area contributed by atoms with Gasteiger partial charge >= 0.3 is 0 Å². The molecule has 2 nitrogen and oxygen atoms in total. The quantitative estimate of drug-likeness (QED) is 0.797. The molecule has 1 aliphatic rings. The van der Waals surface area contributed by atoms with E-state index in [9.17, 15) is 4.39 Å². The molecule has 1 aromatic carbocycles. The van der Waals surface area contributed by atoms with E-state index in [0.29, 0.717) is 22.6 Å². The lowest BCUT2D eigenvalue weighted by Gasteiger charge is -2.22. The van der Waals surface area contributed by atoms with Crippen molar-refractivity contribution in [2.75, 3.05) is 19.8 Å². The monoisotopic (exact) mass is 312 g/mol. The fourth-order valence-corrected chi connectivity index (χ4v) is 2.45. The van der Waals surface area contributed by atoms with Gasteiger partial charge in [-0.15, -0.1) is 6.42 Å². The Morgan fingerprint density at radius 3 is 2.78 bits per heavy atom. The molecule has 0 radical (unpaired) electrons. The second-order valence-electron chi connectivity index (χ2n) is 4.28. The number of ether oxygens (including phenoxy) is 2. The molecule has 96 valence electrons. The van der Waals surface area contributed by atoms with E-state index in [2.05, 4.69) is 21.9 Å². The third-order valence-electron chi connectivity index (χ3n) is 2.97. The predicted octanol–water partition coefficient (Wildman–Crippen LogP) is 3.37. The van der Waals surface area contributed by atoms with Gasteiger partial charge in [-0.1, -0.05) is 5.92 Å². The standard InChI is InChI=1S/C14H14BrFO2/c1-2-10-7-12(15)14(13(16)8-10)18-9-11-3-5-17-6-4-11/h1,7-8,11H,3-6,9H2. The lowest BCUT2D eigenvalue weighted by Crippen LogP contribution is -2.21. The Balaban J connectivity index is 2.02. The van der Waals surface area contributed by atoms with E-state index in [0.717, 1.165) is 26.1 Å². The third-order valence-corrected chi connectivity index (χ3v) is 3.56. The van der Waals surface area contributed by atoms with Crippen LogP contribution in [0.5, 0.6) is 5.75 Å². The average molecular weight is 313 g/mol. The molecule has 1 heterocycles. The zero-order chi connectivity index (χ0) is 13.0. The van der Waals surface area contributed by atoms with Gasteiger partial charge in [-0.05, 0) is 46.8 Å². The van der Waals surface area contributed by atoms with Gasteiger partial charge < -0.3 is 9.47 Å². The second kappa shape index (κ2) is 6.21. The number of terminal acetylenes is 1. The molecule has 0 saturated carbocycles. The van der Waals surface area contributed by atoms with Gasteiger partial charge in [-0.3, -0.25) is 0 Å². The summed E-state index contributed by atoms with van der Waals surface area (Å²) in [6.45, 7) is 2.02. The van der Waals surface area contributed by atoms with Gasteiger partial charge in [0.2, 0.25) is 0 Å². The van der Waals surface area contributed by atoms with E-state index in [4.69, 9.17) is 15.9 Å². The molecule has 1 saturated heterocycles. The Labute approximate surface area is 115 Å². The summed E-state index contributed by atoms with van der Waals surface area (Å²) in [5.41, 5.74) is 0.498. The van der Waals surface area contributed by atoms with Gasteiger partial charge in [0.1, 0.15) is 0 Å². The van der Waals surface area contributed by atoms with Crippen LogP contribution in [0.25, 0.3) is 0 Å². The predicted molar refractivity (Wildman–Crippen MR) is 71.1 cm³/mol. The maximum absolute atomic E-state index is 13.8. The molecule has 0 N–H and O–H groups in total. The summed E-state index contributed by atoms with van der Waals surface area (Å²) in [5.74, 6) is 2.64. The lowest BCUT2D eigenvalue weighted by atomic mass is 10.0. The highest BCUT2D eigenvalue weighted by Gasteiger charge is 2.17.